The quantitative estimate of drug-likeness (QED) is 0.758. The van der Waals surface area contributed by atoms with Crippen molar-refractivity contribution in [1.82, 2.24) is 9.80 Å². The number of aliphatic hydroxyl groups is 1. The van der Waals surface area contributed by atoms with E-state index in [-0.39, 0.29) is 17.6 Å². The smallest absolute Gasteiger partial charge is 0.0594 e. The van der Waals surface area contributed by atoms with Crippen LogP contribution in [0.25, 0.3) is 0 Å². The van der Waals surface area contributed by atoms with Crippen LogP contribution in [0.4, 0.5) is 0 Å². The molecule has 4 nitrogen and oxygen atoms in total. The van der Waals surface area contributed by atoms with Gasteiger partial charge in [-0.1, -0.05) is 6.08 Å². The Kier molecular flexibility index (Phi) is 5.83. The van der Waals surface area contributed by atoms with Gasteiger partial charge in [0.25, 0.3) is 0 Å². The summed E-state index contributed by atoms with van der Waals surface area (Å²) >= 11 is 0. The lowest BCUT2D eigenvalue weighted by molar-refractivity contribution is -0.0372. The van der Waals surface area contributed by atoms with E-state index in [0.717, 1.165) is 58.8 Å². The second-order valence-electron chi connectivity index (χ2n) is 7.38. The molecular formula is C17H32N2O2. The summed E-state index contributed by atoms with van der Waals surface area (Å²) < 4.78 is 5.47. The lowest BCUT2D eigenvalue weighted by atomic mass is 9.77. The fraction of sp³-hybridized carbons (Fsp3) is 0.882. The van der Waals surface area contributed by atoms with E-state index in [9.17, 15) is 5.11 Å². The molecule has 2 saturated heterocycles. The SMILES string of the molecule is C=CCC1(CO)CCCN(CC(C)(C)N2CCOCC2)C1. The second-order valence-corrected chi connectivity index (χ2v) is 7.38. The van der Waals surface area contributed by atoms with Gasteiger partial charge in [0.1, 0.15) is 0 Å². The minimum absolute atomic E-state index is 0.0289. The number of hydrogen-bond acceptors (Lipinski definition) is 4. The van der Waals surface area contributed by atoms with Crippen molar-refractivity contribution in [3.8, 4) is 0 Å². The van der Waals surface area contributed by atoms with Gasteiger partial charge in [-0.3, -0.25) is 4.90 Å². The van der Waals surface area contributed by atoms with Gasteiger partial charge in [-0.15, -0.1) is 6.58 Å². The van der Waals surface area contributed by atoms with Crippen molar-refractivity contribution in [3.63, 3.8) is 0 Å². The Morgan fingerprint density at radius 3 is 2.62 bits per heavy atom. The van der Waals surface area contributed by atoms with Crippen LogP contribution in [-0.2, 0) is 4.74 Å². The van der Waals surface area contributed by atoms with Crippen molar-refractivity contribution in [3.05, 3.63) is 12.7 Å². The van der Waals surface area contributed by atoms with Crippen molar-refractivity contribution in [1.29, 1.82) is 0 Å². The number of nitrogens with zero attached hydrogens (tertiary/aromatic N) is 2. The maximum Gasteiger partial charge on any atom is 0.0594 e. The molecule has 0 amide bonds. The molecule has 1 atom stereocenters. The fourth-order valence-corrected chi connectivity index (χ4v) is 3.93. The number of aliphatic hydroxyl groups excluding tert-OH is 1. The molecule has 1 N–H and O–H groups in total. The Hall–Kier alpha value is -0.420. The molecule has 2 rings (SSSR count). The first kappa shape index (κ1) is 16.9. The normalized spacial score (nSPS) is 29.5. The maximum atomic E-state index is 9.84. The van der Waals surface area contributed by atoms with E-state index in [1.165, 1.54) is 6.42 Å². The Morgan fingerprint density at radius 1 is 1.29 bits per heavy atom. The Morgan fingerprint density at radius 2 is 2.00 bits per heavy atom. The summed E-state index contributed by atoms with van der Waals surface area (Å²) in [6.45, 7) is 15.8. The number of morpholine rings is 1. The zero-order chi connectivity index (χ0) is 15.3. The van der Waals surface area contributed by atoms with E-state index in [4.69, 9.17) is 4.74 Å². The molecule has 0 spiro atoms. The van der Waals surface area contributed by atoms with Gasteiger partial charge in [-0.2, -0.15) is 0 Å². The van der Waals surface area contributed by atoms with Crippen LogP contribution in [0.15, 0.2) is 12.7 Å². The Balaban J connectivity index is 1.95. The lowest BCUT2D eigenvalue weighted by Crippen LogP contribution is -2.57. The highest BCUT2D eigenvalue weighted by Gasteiger charge is 2.37. The van der Waals surface area contributed by atoms with Crippen LogP contribution in [0, 0.1) is 5.41 Å². The average Bonchev–Trinajstić information content (AvgIpc) is 2.48. The molecule has 4 heteroatoms. The lowest BCUT2D eigenvalue weighted by Gasteiger charge is -2.47. The molecule has 2 aliphatic rings. The van der Waals surface area contributed by atoms with Crippen LogP contribution >= 0.6 is 0 Å². The van der Waals surface area contributed by atoms with Crippen molar-refractivity contribution in [2.75, 3.05) is 52.5 Å². The van der Waals surface area contributed by atoms with Crippen LogP contribution in [0.5, 0.6) is 0 Å². The molecular weight excluding hydrogens is 264 g/mol. The molecule has 0 aromatic rings. The van der Waals surface area contributed by atoms with Gasteiger partial charge >= 0.3 is 0 Å². The molecule has 0 saturated carbocycles. The number of piperidine rings is 1. The molecule has 1 unspecified atom stereocenters. The average molecular weight is 296 g/mol. The first-order chi connectivity index (χ1) is 10.0. The molecule has 2 aliphatic heterocycles. The van der Waals surface area contributed by atoms with Gasteiger partial charge in [0.15, 0.2) is 0 Å². The van der Waals surface area contributed by atoms with Crippen LogP contribution in [0.3, 0.4) is 0 Å². The fourth-order valence-electron chi connectivity index (χ4n) is 3.93. The molecule has 2 fully saturated rings. The van der Waals surface area contributed by atoms with Crippen molar-refractivity contribution in [2.45, 2.75) is 38.6 Å². The first-order valence-corrected chi connectivity index (χ1v) is 8.28. The molecule has 0 aromatic heterocycles. The standard InChI is InChI=1S/C17H32N2O2/c1-4-6-17(15-20)7-5-8-18(14-17)13-16(2,3)19-9-11-21-12-10-19/h4,20H,1,5-15H2,2-3H3. The van der Waals surface area contributed by atoms with Gasteiger partial charge < -0.3 is 14.7 Å². The van der Waals surface area contributed by atoms with E-state index in [1.54, 1.807) is 0 Å². The van der Waals surface area contributed by atoms with E-state index in [0.29, 0.717) is 0 Å². The van der Waals surface area contributed by atoms with Gasteiger partial charge in [0.2, 0.25) is 0 Å². The molecule has 2 heterocycles. The van der Waals surface area contributed by atoms with Gasteiger partial charge in [-0.25, -0.2) is 0 Å². The summed E-state index contributed by atoms with van der Waals surface area (Å²) in [7, 11) is 0. The number of rotatable bonds is 6. The number of allylic oxidation sites excluding steroid dienone is 1. The van der Waals surface area contributed by atoms with E-state index in [2.05, 4.69) is 30.2 Å². The third-order valence-electron chi connectivity index (χ3n) is 5.13. The van der Waals surface area contributed by atoms with Crippen molar-refractivity contribution >= 4 is 0 Å². The van der Waals surface area contributed by atoms with Crippen LogP contribution in [0.2, 0.25) is 0 Å². The maximum absolute atomic E-state index is 9.84. The van der Waals surface area contributed by atoms with Crippen LogP contribution < -0.4 is 0 Å². The molecule has 0 bridgehead atoms. The summed E-state index contributed by atoms with van der Waals surface area (Å²) in [5.74, 6) is 0. The zero-order valence-corrected chi connectivity index (χ0v) is 13.8. The number of likely N-dealkylation sites (tertiary alicyclic amines) is 1. The summed E-state index contributed by atoms with van der Waals surface area (Å²) in [4.78, 5) is 5.08. The molecule has 21 heavy (non-hydrogen) atoms. The minimum atomic E-state index is 0.0289. The summed E-state index contributed by atoms with van der Waals surface area (Å²) in [6, 6.07) is 0. The topological polar surface area (TPSA) is 35.9 Å². The third kappa shape index (κ3) is 4.28. The second kappa shape index (κ2) is 7.23. The predicted octanol–water partition coefficient (Wildman–Crippen LogP) is 1.75. The van der Waals surface area contributed by atoms with Gasteiger partial charge in [-0.05, 0) is 39.7 Å². The van der Waals surface area contributed by atoms with Crippen molar-refractivity contribution in [2.24, 2.45) is 5.41 Å². The molecule has 0 aromatic carbocycles. The minimum Gasteiger partial charge on any atom is -0.396 e. The Bertz CT molecular complexity index is 340. The third-order valence-corrected chi connectivity index (χ3v) is 5.13. The highest BCUT2D eigenvalue weighted by Crippen LogP contribution is 2.34. The Labute approximate surface area is 129 Å². The van der Waals surface area contributed by atoms with E-state index >= 15 is 0 Å². The summed E-state index contributed by atoms with van der Waals surface area (Å²) in [6.07, 6.45) is 5.17. The molecule has 122 valence electrons. The highest BCUT2D eigenvalue weighted by molar-refractivity contribution is 4.95. The van der Waals surface area contributed by atoms with Crippen LogP contribution in [0.1, 0.15) is 33.1 Å². The number of ether oxygens (including phenoxy) is 1. The predicted molar refractivity (Wildman–Crippen MR) is 86.5 cm³/mol. The zero-order valence-electron chi connectivity index (χ0n) is 13.8. The molecule has 0 radical (unpaired) electrons. The van der Waals surface area contributed by atoms with Crippen LogP contribution in [-0.4, -0.2) is 73.0 Å². The first-order valence-electron chi connectivity index (χ1n) is 8.28. The van der Waals surface area contributed by atoms with Gasteiger partial charge in [0, 0.05) is 37.1 Å². The highest BCUT2D eigenvalue weighted by atomic mass is 16.5. The molecule has 0 aliphatic carbocycles. The number of hydrogen-bond donors (Lipinski definition) is 1. The monoisotopic (exact) mass is 296 g/mol. The van der Waals surface area contributed by atoms with E-state index < -0.39 is 0 Å². The van der Waals surface area contributed by atoms with Gasteiger partial charge in [0.05, 0.1) is 19.8 Å². The van der Waals surface area contributed by atoms with E-state index in [1.807, 2.05) is 6.08 Å². The van der Waals surface area contributed by atoms with Crippen molar-refractivity contribution < 1.29 is 9.84 Å². The largest absolute Gasteiger partial charge is 0.396 e. The summed E-state index contributed by atoms with van der Waals surface area (Å²) in [5, 5.41) is 9.84. The summed E-state index contributed by atoms with van der Waals surface area (Å²) in [5.41, 5.74) is 0.192.